The number of hydrogen-bond acceptors (Lipinski definition) is 7. The fraction of sp³-hybridized carbons (Fsp3) is 0.300. The number of aryl methyl sites for hydroxylation is 1. The van der Waals surface area contributed by atoms with E-state index < -0.39 is 45.5 Å². The van der Waals surface area contributed by atoms with Crippen molar-refractivity contribution in [2.24, 2.45) is 16.6 Å². The molecule has 17 heteroatoms. The molecule has 37 heavy (non-hydrogen) atoms. The number of nitrogens with zero attached hydrogens (tertiary/aromatic N) is 2. The minimum Gasteiger partial charge on any atom is -0.391 e. The Morgan fingerprint density at radius 3 is 2.43 bits per heavy atom. The van der Waals surface area contributed by atoms with Crippen LogP contribution in [0.2, 0.25) is 0 Å². The smallest absolute Gasteiger partial charge is 0.391 e. The number of carbonyl (C=O) groups is 2. The molecule has 0 bridgehead atoms. The third-order valence-electron chi connectivity index (χ3n) is 4.02. The van der Waals surface area contributed by atoms with Gasteiger partial charge in [0.15, 0.2) is 0 Å². The molecule has 0 saturated carbocycles. The number of anilines is 1. The summed E-state index contributed by atoms with van der Waals surface area (Å²) in [6.45, 7) is 1.36. The van der Waals surface area contributed by atoms with Crippen LogP contribution < -0.4 is 27.1 Å². The highest BCUT2D eigenvalue weighted by molar-refractivity contribution is 7.91. The summed E-state index contributed by atoms with van der Waals surface area (Å²) < 4.78 is 72.6. The predicted molar refractivity (Wildman–Crippen MR) is 125 cm³/mol. The Morgan fingerprint density at radius 2 is 1.86 bits per heavy atom. The normalized spacial score (nSPS) is 10.9. The van der Waals surface area contributed by atoms with Crippen LogP contribution in [0.4, 0.5) is 23.2 Å². The molecule has 0 saturated heterocycles. The second kappa shape index (κ2) is 13.8. The Labute approximate surface area is 208 Å². The van der Waals surface area contributed by atoms with Gasteiger partial charge in [0.25, 0.3) is 5.56 Å². The lowest BCUT2D eigenvalue weighted by molar-refractivity contribution is -0.156. The topological polar surface area (TPSA) is 188 Å². The van der Waals surface area contributed by atoms with E-state index in [2.05, 4.69) is 15.2 Å². The fourth-order valence-corrected chi connectivity index (χ4v) is 3.73. The van der Waals surface area contributed by atoms with E-state index in [4.69, 9.17) is 21.1 Å². The SMILES string of the molecule is Cc1ccc(NS(=O)(=O)Cc2cccc(F)c2)c(=O)n1CC(=O)NCCON=C(N)N.O=CC(F)(F)F. The number of alkyl halides is 3. The average molecular weight is 553 g/mol. The first-order chi connectivity index (χ1) is 17.1. The van der Waals surface area contributed by atoms with Gasteiger partial charge in [0, 0.05) is 5.69 Å². The predicted octanol–water partition coefficient (Wildman–Crippen LogP) is 0.307. The summed E-state index contributed by atoms with van der Waals surface area (Å²) in [6, 6.07) is 7.93. The van der Waals surface area contributed by atoms with Gasteiger partial charge in [-0.05, 0) is 41.9 Å². The van der Waals surface area contributed by atoms with E-state index in [1.165, 1.54) is 30.3 Å². The zero-order chi connectivity index (χ0) is 28.2. The minimum absolute atomic E-state index is 0.0113. The fourth-order valence-electron chi connectivity index (χ4n) is 2.55. The molecule has 6 N–H and O–H groups in total. The molecular formula is C20H24F4N6O6S. The molecule has 204 valence electrons. The van der Waals surface area contributed by atoms with Gasteiger partial charge >= 0.3 is 6.18 Å². The van der Waals surface area contributed by atoms with Crippen molar-refractivity contribution < 1.29 is 40.4 Å². The highest BCUT2D eigenvalue weighted by Gasteiger charge is 2.25. The first kappa shape index (κ1) is 30.9. The summed E-state index contributed by atoms with van der Waals surface area (Å²) in [5.74, 6) is -1.85. The molecule has 0 radical (unpaired) electrons. The van der Waals surface area contributed by atoms with Gasteiger partial charge in [-0.25, -0.2) is 12.8 Å². The number of aldehydes is 1. The maximum atomic E-state index is 13.3. The first-order valence-electron chi connectivity index (χ1n) is 10.1. The quantitative estimate of drug-likeness (QED) is 0.0809. The summed E-state index contributed by atoms with van der Waals surface area (Å²) in [5, 5.41) is 5.81. The number of pyridine rings is 1. The molecule has 1 heterocycles. The van der Waals surface area contributed by atoms with Gasteiger partial charge in [-0.15, -0.1) is 0 Å². The number of hydrogen-bond donors (Lipinski definition) is 4. The number of nitrogens with two attached hydrogens (primary N) is 2. The van der Waals surface area contributed by atoms with Crippen LogP contribution in [0.5, 0.6) is 0 Å². The molecule has 0 spiro atoms. The molecule has 0 aliphatic rings. The molecule has 0 aliphatic carbocycles. The number of rotatable bonds is 10. The van der Waals surface area contributed by atoms with E-state index in [0.717, 1.165) is 10.6 Å². The number of benzene rings is 1. The third-order valence-corrected chi connectivity index (χ3v) is 5.27. The second-order valence-electron chi connectivity index (χ2n) is 7.13. The molecule has 2 rings (SSSR count). The Morgan fingerprint density at radius 1 is 1.22 bits per heavy atom. The molecular weight excluding hydrogens is 528 g/mol. The summed E-state index contributed by atoms with van der Waals surface area (Å²) >= 11 is 0. The summed E-state index contributed by atoms with van der Waals surface area (Å²) in [6.07, 6.45) is -5.70. The van der Waals surface area contributed by atoms with Crippen LogP contribution in [0.15, 0.2) is 46.3 Å². The van der Waals surface area contributed by atoms with Crippen LogP contribution in [0.3, 0.4) is 0 Å². The molecule has 12 nitrogen and oxygen atoms in total. The zero-order valence-corrected chi connectivity index (χ0v) is 20.1. The summed E-state index contributed by atoms with van der Waals surface area (Å²) in [7, 11) is -3.99. The van der Waals surface area contributed by atoms with E-state index in [1.807, 2.05) is 0 Å². The van der Waals surface area contributed by atoms with E-state index >= 15 is 0 Å². The van der Waals surface area contributed by atoms with Crippen LogP contribution in [0.1, 0.15) is 11.3 Å². The number of amides is 1. The van der Waals surface area contributed by atoms with Crippen LogP contribution in [-0.4, -0.2) is 50.5 Å². The number of carbonyl (C=O) groups excluding carboxylic acids is 2. The highest BCUT2D eigenvalue weighted by atomic mass is 32.2. The minimum atomic E-state index is -4.64. The Kier molecular flexibility index (Phi) is 11.5. The number of guanidine groups is 1. The van der Waals surface area contributed by atoms with E-state index in [-0.39, 0.29) is 36.9 Å². The van der Waals surface area contributed by atoms with Crippen molar-refractivity contribution in [2.75, 3.05) is 17.9 Å². The van der Waals surface area contributed by atoms with Crippen molar-refractivity contribution in [3.8, 4) is 0 Å². The van der Waals surface area contributed by atoms with Crippen LogP contribution >= 0.6 is 0 Å². The number of nitrogens with one attached hydrogen (secondary N) is 2. The van der Waals surface area contributed by atoms with Gasteiger partial charge in [0.05, 0.1) is 12.3 Å². The first-order valence-corrected chi connectivity index (χ1v) is 11.7. The standard InChI is InChI=1S/C18H23FN6O5S.C2HF3O/c1-12-5-6-15(24-31(28,29)11-13-3-2-4-14(19)9-13)17(27)25(12)10-16(26)22-7-8-30-23-18(20)21;3-2(4,5)1-6/h2-6,9,24H,7-8,10-11H2,1H3,(H,22,26)(H4,20,21,23);1H. The second-order valence-corrected chi connectivity index (χ2v) is 8.85. The molecule has 0 unspecified atom stereocenters. The lowest BCUT2D eigenvalue weighted by atomic mass is 10.2. The molecule has 1 amide bonds. The van der Waals surface area contributed by atoms with E-state index in [9.17, 15) is 35.6 Å². The molecule has 0 atom stereocenters. The molecule has 1 aromatic carbocycles. The van der Waals surface area contributed by atoms with Crippen molar-refractivity contribution in [3.05, 3.63) is 63.8 Å². The van der Waals surface area contributed by atoms with Gasteiger partial charge in [-0.3, -0.25) is 19.1 Å². The largest absolute Gasteiger partial charge is 0.446 e. The maximum absolute atomic E-state index is 13.3. The third kappa shape index (κ3) is 12.4. The van der Waals surface area contributed by atoms with E-state index in [1.54, 1.807) is 6.92 Å². The maximum Gasteiger partial charge on any atom is 0.446 e. The lowest BCUT2D eigenvalue weighted by Gasteiger charge is -2.13. The lowest BCUT2D eigenvalue weighted by Crippen LogP contribution is -2.36. The molecule has 1 aromatic heterocycles. The van der Waals surface area contributed by atoms with Crippen molar-refractivity contribution in [1.82, 2.24) is 9.88 Å². The van der Waals surface area contributed by atoms with Crippen molar-refractivity contribution in [2.45, 2.75) is 25.4 Å². The van der Waals surface area contributed by atoms with Crippen LogP contribution in [0.25, 0.3) is 0 Å². The van der Waals surface area contributed by atoms with Crippen LogP contribution in [0, 0.1) is 12.7 Å². The summed E-state index contributed by atoms with van der Waals surface area (Å²) in [5.41, 5.74) is 9.92. The number of aromatic nitrogens is 1. The summed E-state index contributed by atoms with van der Waals surface area (Å²) in [4.78, 5) is 38.2. The molecule has 0 aliphatic heterocycles. The van der Waals surface area contributed by atoms with Gasteiger partial charge in [-0.2, -0.15) is 13.2 Å². The molecule has 0 fully saturated rings. The highest BCUT2D eigenvalue weighted by Crippen LogP contribution is 2.12. The van der Waals surface area contributed by atoms with Gasteiger partial charge in [0.2, 0.25) is 28.2 Å². The van der Waals surface area contributed by atoms with Crippen molar-refractivity contribution >= 4 is 33.9 Å². The Balaban J connectivity index is 0.00000102. The number of halogens is 4. The zero-order valence-electron chi connectivity index (χ0n) is 19.3. The van der Waals surface area contributed by atoms with Gasteiger partial charge in [-0.1, -0.05) is 12.1 Å². The Hall–Kier alpha value is -4.15. The van der Waals surface area contributed by atoms with Gasteiger partial charge < -0.3 is 26.2 Å². The van der Waals surface area contributed by atoms with Crippen LogP contribution in [-0.2, 0) is 36.7 Å². The number of oxime groups is 1. The average Bonchev–Trinajstić information content (AvgIpc) is 2.77. The van der Waals surface area contributed by atoms with Crippen molar-refractivity contribution in [3.63, 3.8) is 0 Å². The van der Waals surface area contributed by atoms with E-state index in [0.29, 0.717) is 5.69 Å². The molecule has 2 aromatic rings. The van der Waals surface area contributed by atoms with Gasteiger partial charge in [0.1, 0.15) is 24.7 Å². The Bertz CT molecular complexity index is 1280. The monoisotopic (exact) mass is 552 g/mol. The number of sulfonamides is 1. The van der Waals surface area contributed by atoms with Crippen molar-refractivity contribution in [1.29, 1.82) is 0 Å².